The Morgan fingerprint density at radius 3 is 2.00 bits per heavy atom. The number of carbonyl (C=O) groups is 1. The van der Waals surface area contributed by atoms with Crippen LogP contribution in [0.2, 0.25) is 0 Å². The molecule has 0 aromatic heterocycles. The predicted molar refractivity (Wildman–Crippen MR) is 67.7 cm³/mol. The van der Waals surface area contributed by atoms with Gasteiger partial charge in [0.25, 0.3) is 0 Å². The van der Waals surface area contributed by atoms with Crippen LogP contribution in [0, 0.1) is 5.92 Å². The van der Waals surface area contributed by atoms with Crippen molar-refractivity contribution in [2.24, 2.45) is 5.92 Å². The molecule has 15 heavy (non-hydrogen) atoms. The van der Waals surface area contributed by atoms with Crippen LogP contribution >= 0.6 is 0 Å². The third-order valence-corrected chi connectivity index (χ3v) is 2.73. The standard InChI is InChI=1S/C9H18NO.2C2H6/c1-4-8-5-6-9(11)10(2,3)7-8;2*1-2/h8H,4-7H2,1-3H3;2*1-2H3/q+1;;. The fourth-order valence-corrected chi connectivity index (χ4v) is 1.80. The highest BCUT2D eigenvalue weighted by Gasteiger charge is 2.34. The highest BCUT2D eigenvalue weighted by Crippen LogP contribution is 2.22. The maximum atomic E-state index is 11.3. The fourth-order valence-electron chi connectivity index (χ4n) is 1.80. The van der Waals surface area contributed by atoms with E-state index in [0.29, 0.717) is 10.4 Å². The quantitative estimate of drug-likeness (QED) is 0.613. The van der Waals surface area contributed by atoms with Gasteiger partial charge in [-0.05, 0) is 12.8 Å². The zero-order valence-corrected chi connectivity index (χ0v) is 11.8. The first kappa shape index (κ1) is 17.0. The molecule has 1 amide bonds. The van der Waals surface area contributed by atoms with Crippen LogP contribution < -0.4 is 0 Å². The number of likely N-dealkylation sites (tertiary alicyclic amines) is 1. The molecule has 0 aromatic carbocycles. The minimum Gasteiger partial charge on any atom is -0.265 e. The molecule has 92 valence electrons. The van der Waals surface area contributed by atoms with Gasteiger partial charge in [0.15, 0.2) is 0 Å². The molecular formula is C13H30NO+. The summed E-state index contributed by atoms with van der Waals surface area (Å²) in [5.74, 6) is 1.16. The van der Waals surface area contributed by atoms with E-state index in [9.17, 15) is 4.79 Å². The molecule has 1 aliphatic heterocycles. The number of piperidine rings is 1. The Bertz CT molecular complexity index is 164. The van der Waals surface area contributed by atoms with Gasteiger partial charge in [-0.3, -0.25) is 4.48 Å². The van der Waals surface area contributed by atoms with E-state index < -0.39 is 0 Å². The van der Waals surface area contributed by atoms with Gasteiger partial charge in [-0.2, -0.15) is 0 Å². The number of nitrogens with zero attached hydrogens (tertiary/aromatic N) is 1. The molecule has 1 atom stereocenters. The molecule has 0 aromatic rings. The van der Waals surface area contributed by atoms with Crippen LogP contribution in [-0.4, -0.2) is 31.0 Å². The van der Waals surface area contributed by atoms with Crippen molar-refractivity contribution in [1.82, 2.24) is 0 Å². The van der Waals surface area contributed by atoms with E-state index in [-0.39, 0.29) is 0 Å². The van der Waals surface area contributed by atoms with Crippen LogP contribution in [0.25, 0.3) is 0 Å². The van der Waals surface area contributed by atoms with Crippen LogP contribution in [0.1, 0.15) is 53.9 Å². The van der Waals surface area contributed by atoms with E-state index in [1.165, 1.54) is 6.42 Å². The van der Waals surface area contributed by atoms with E-state index in [2.05, 4.69) is 6.92 Å². The van der Waals surface area contributed by atoms with Crippen molar-refractivity contribution < 1.29 is 9.28 Å². The van der Waals surface area contributed by atoms with Crippen LogP contribution in [0.5, 0.6) is 0 Å². The topological polar surface area (TPSA) is 17.1 Å². The Morgan fingerprint density at radius 2 is 1.67 bits per heavy atom. The highest BCUT2D eigenvalue weighted by atomic mass is 16.2. The van der Waals surface area contributed by atoms with Gasteiger partial charge in [-0.15, -0.1) is 0 Å². The Balaban J connectivity index is 0. The Labute approximate surface area is 96.3 Å². The van der Waals surface area contributed by atoms with Crippen LogP contribution in [-0.2, 0) is 4.79 Å². The largest absolute Gasteiger partial charge is 0.313 e. The second kappa shape index (κ2) is 8.90. The van der Waals surface area contributed by atoms with Gasteiger partial charge in [0, 0.05) is 5.92 Å². The van der Waals surface area contributed by atoms with Crippen LogP contribution in [0.3, 0.4) is 0 Å². The average Bonchev–Trinajstić information content (AvgIpc) is 2.28. The lowest BCUT2D eigenvalue weighted by Crippen LogP contribution is -2.51. The van der Waals surface area contributed by atoms with E-state index >= 15 is 0 Å². The minimum absolute atomic E-state index is 0.398. The summed E-state index contributed by atoms with van der Waals surface area (Å²) in [6.07, 6.45) is 3.11. The monoisotopic (exact) mass is 216 g/mol. The Hall–Kier alpha value is -0.370. The number of hydrogen-bond donors (Lipinski definition) is 0. The molecule has 1 saturated heterocycles. The Morgan fingerprint density at radius 1 is 1.20 bits per heavy atom. The first-order chi connectivity index (χ1) is 7.06. The molecule has 0 bridgehead atoms. The Kier molecular flexibility index (Phi) is 10.1. The molecule has 1 heterocycles. The average molecular weight is 216 g/mol. The van der Waals surface area contributed by atoms with Crippen molar-refractivity contribution in [1.29, 1.82) is 0 Å². The van der Waals surface area contributed by atoms with E-state index in [1.807, 2.05) is 41.8 Å². The van der Waals surface area contributed by atoms with Gasteiger partial charge in [-0.25, -0.2) is 4.79 Å². The zero-order chi connectivity index (χ0) is 12.5. The number of hydrogen-bond acceptors (Lipinski definition) is 1. The van der Waals surface area contributed by atoms with Crippen LogP contribution in [0.4, 0.5) is 0 Å². The smallest absolute Gasteiger partial charge is 0.265 e. The molecule has 0 spiro atoms. The van der Waals surface area contributed by atoms with Gasteiger partial charge >= 0.3 is 5.91 Å². The molecule has 0 saturated carbocycles. The molecule has 1 aliphatic rings. The van der Waals surface area contributed by atoms with Crippen molar-refractivity contribution in [3.63, 3.8) is 0 Å². The summed E-state index contributed by atoms with van der Waals surface area (Å²) >= 11 is 0. The SMILES string of the molecule is CC.CC.CCC1CCC(=O)[N+](C)(C)C1. The minimum atomic E-state index is 0.398. The van der Waals surface area contributed by atoms with Crippen molar-refractivity contribution in [2.75, 3.05) is 20.6 Å². The van der Waals surface area contributed by atoms with E-state index in [4.69, 9.17) is 0 Å². The van der Waals surface area contributed by atoms with E-state index in [1.54, 1.807) is 0 Å². The summed E-state index contributed by atoms with van der Waals surface area (Å²) in [4.78, 5) is 11.3. The normalized spacial score (nSPS) is 23.1. The summed E-state index contributed by atoms with van der Waals surface area (Å²) in [5.41, 5.74) is 0. The molecular weight excluding hydrogens is 186 g/mol. The molecule has 2 heteroatoms. The summed E-state index contributed by atoms with van der Waals surface area (Å²) in [7, 11) is 4.04. The lowest BCUT2D eigenvalue weighted by molar-refractivity contribution is -0.821. The number of carbonyl (C=O) groups excluding carboxylic acids is 1. The second-order valence-corrected chi connectivity index (χ2v) is 4.07. The summed E-state index contributed by atoms with van der Waals surface area (Å²) in [5, 5.41) is 0. The lowest BCUT2D eigenvalue weighted by Gasteiger charge is -2.34. The first-order valence-electron chi connectivity index (χ1n) is 6.42. The van der Waals surface area contributed by atoms with Crippen LogP contribution in [0.15, 0.2) is 0 Å². The maximum absolute atomic E-state index is 11.3. The zero-order valence-electron chi connectivity index (χ0n) is 11.8. The fraction of sp³-hybridized carbons (Fsp3) is 0.923. The molecule has 1 unspecified atom stereocenters. The van der Waals surface area contributed by atoms with Gasteiger partial charge in [-0.1, -0.05) is 34.6 Å². The predicted octanol–water partition coefficient (Wildman–Crippen LogP) is 3.46. The molecule has 0 aliphatic carbocycles. The van der Waals surface area contributed by atoms with Gasteiger partial charge in [0.2, 0.25) is 0 Å². The van der Waals surface area contributed by atoms with Gasteiger partial charge in [0.05, 0.1) is 27.1 Å². The number of rotatable bonds is 1. The number of quaternary nitrogens is 1. The van der Waals surface area contributed by atoms with Gasteiger partial charge in [0.1, 0.15) is 0 Å². The number of amides is 1. The maximum Gasteiger partial charge on any atom is 0.313 e. The van der Waals surface area contributed by atoms with Crippen molar-refractivity contribution in [2.45, 2.75) is 53.9 Å². The van der Waals surface area contributed by atoms with Crippen molar-refractivity contribution >= 4 is 5.91 Å². The van der Waals surface area contributed by atoms with Gasteiger partial charge < -0.3 is 0 Å². The first-order valence-corrected chi connectivity index (χ1v) is 6.42. The lowest BCUT2D eigenvalue weighted by atomic mass is 9.94. The molecule has 0 N–H and O–H groups in total. The highest BCUT2D eigenvalue weighted by molar-refractivity contribution is 5.69. The summed E-state index contributed by atoms with van der Waals surface area (Å²) in [6, 6.07) is 0. The molecule has 1 fully saturated rings. The second-order valence-electron chi connectivity index (χ2n) is 4.07. The molecule has 1 rings (SSSR count). The molecule has 0 radical (unpaired) electrons. The van der Waals surface area contributed by atoms with Crippen molar-refractivity contribution in [3.05, 3.63) is 0 Å². The summed E-state index contributed by atoms with van der Waals surface area (Å²) < 4.78 is 0.596. The van der Waals surface area contributed by atoms with E-state index in [0.717, 1.165) is 25.3 Å². The summed E-state index contributed by atoms with van der Waals surface area (Å²) in [6.45, 7) is 11.2. The third kappa shape index (κ3) is 5.93. The third-order valence-electron chi connectivity index (χ3n) is 2.73. The molecule has 2 nitrogen and oxygen atoms in total. The van der Waals surface area contributed by atoms with Crippen molar-refractivity contribution in [3.8, 4) is 0 Å².